The Balaban J connectivity index is 2.05. The molecule has 0 aliphatic heterocycles. The van der Waals surface area contributed by atoms with Crippen LogP contribution in [0.4, 0.5) is 11.4 Å². The minimum Gasteiger partial charge on any atom is -0.462 e. The second-order valence-electron chi connectivity index (χ2n) is 7.04. The molecule has 2 aromatic carbocycles. The average molecular weight is 368 g/mol. The molecule has 2 rings (SSSR count). The molecule has 6 heteroatoms. The van der Waals surface area contributed by atoms with Gasteiger partial charge in [-0.2, -0.15) is 0 Å². The number of amides is 2. The zero-order valence-electron chi connectivity index (χ0n) is 16.0. The van der Waals surface area contributed by atoms with Crippen LogP contribution in [0, 0.1) is 5.41 Å². The Morgan fingerprint density at radius 2 is 1.56 bits per heavy atom. The first-order chi connectivity index (χ1) is 12.7. The van der Waals surface area contributed by atoms with Crippen molar-refractivity contribution >= 4 is 29.2 Å². The van der Waals surface area contributed by atoms with E-state index in [0.717, 1.165) is 0 Å². The molecule has 0 aliphatic rings. The lowest BCUT2D eigenvalue weighted by Gasteiger charge is -2.17. The van der Waals surface area contributed by atoms with Crippen LogP contribution in [0.15, 0.2) is 48.5 Å². The molecule has 0 unspecified atom stereocenters. The smallest absolute Gasteiger partial charge is 0.338 e. The number of carbonyl (C=O) groups is 3. The lowest BCUT2D eigenvalue weighted by Crippen LogP contribution is -2.27. The van der Waals surface area contributed by atoms with Crippen LogP contribution in [0.1, 0.15) is 48.4 Å². The van der Waals surface area contributed by atoms with Crippen LogP contribution in [-0.2, 0) is 9.53 Å². The largest absolute Gasteiger partial charge is 0.462 e. The molecule has 0 bridgehead atoms. The van der Waals surface area contributed by atoms with Crippen LogP contribution in [-0.4, -0.2) is 24.4 Å². The molecule has 0 fully saturated rings. The minimum atomic E-state index is -0.500. The Bertz CT molecular complexity index is 836. The summed E-state index contributed by atoms with van der Waals surface area (Å²) in [6.07, 6.45) is 0. The number of rotatable bonds is 5. The number of esters is 1. The Hall–Kier alpha value is -3.15. The first-order valence-electron chi connectivity index (χ1n) is 8.71. The van der Waals surface area contributed by atoms with E-state index >= 15 is 0 Å². The van der Waals surface area contributed by atoms with Crippen molar-refractivity contribution < 1.29 is 19.1 Å². The quantitative estimate of drug-likeness (QED) is 0.778. The van der Waals surface area contributed by atoms with E-state index in [9.17, 15) is 14.4 Å². The Kier molecular flexibility index (Phi) is 6.34. The predicted octanol–water partition coefficient (Wildman–Crippen LogP) is 4.10. The van der Waals surface area contributed by atoms with Crippen LogP contribution < -0.4 is 10.6 Å². The molecule has 0 saturated heterocycles. The molecule has 2 aromatic rings. The highest BCUT2D eigenvalue weighted by atomic mass is 16.5. The maximum Gasteiger partial charge on any atom is 0.338 e. The van der Waals surface area contributed by atoms with E-state index in [0.29, 0.717) is 22.5 Å². The van der Waals surface area contributed by atoms with E-state index in [1.54, 1.807) is 55.5 Å². The molecule has 0 radical (unpaired) electrons. The Labute approximate surface area is 158 Å². The summed E-state index contributed by atoms with van der Waals surface area (Å²) in [5, 5.41) is 5.55. The van der Waals surface area contributed by atoms with Crippen LogP contribution in [0.5, 0.6) is 0 Å². The molecule has 0 saturated carbocycles. The zero-order chi connectivity index (χ0) is 20.0. The van der Waals surface area contributed by atoms with E-state index < -0.39 is 11.4 Å². The Morgan fingerprint density at radius 1 is 0.889 bits per heavy atom. The van der Waals surface area contributed by atoms with Gasteiger partial charge in [-0.05, 0) is 49.4 Å². The molecule has 6 nitrogen and oxygen atoms in total. The molecule has 0 heterocycles. The summed E-state index contributed by atoms with van der Waals surface area (Å²) in [6, 6.07) is 13.2. The van der Waals surface area contributed by atoms with Gasteiger partial charge in [0.25, 0.3) is 5.91 Å². The van der Waals surface area contributed by atoms with Gasteiger partial charge in [-0.1, -0.05) is 26.8 Å². The van der Waals surface area contributed by atoms with Crippen molar-refractivity contribution in [1.29, 1.82) is 0 Å². The van der Waals surface area contributed by atoms with E-state index in [2.05, 4.69) is 10.6 Å². The normalized spacial score (nSPS) is 10.8. The fraction of sp³-hybridized carbons (Fsp3) is 0.286. The molecular formula is C21H24N2O4. The second kappa shape index (κ2) is 8.49. The van der Waals surface area contributed by atoms with Crippen LogP contribution in [0.2, 0.25) is 0 Å². The molecule has 0 atom stereocenters. The zero-order valence-corrected chi connectivity index (χ0v) is 16.0. The molecule has 0 spiro atoms. The fourth-order valence-electron chi connectivity index (χ4n) is 2.17. The minimum absolute atomic E-state index is 0.101. The maximum atomic E-state index is 12.4. The van der Waals surface area contributed by atoms with Gasteiger partial charge in [-0.25, -0.2) is 4.79 Å². The molecular weight excluding hydrogens is 344 g/mol. The van der Waals surface area contributed by atoms with Crippen molar-refractivity contribution in [3.8, 4) is 0 Å². The van der Waals surface area contributed by atoms with Gasteiger partial charge in [0.15, 0.2) is 0 Å². The summed E-state index contributed by atoms with van der Waals surface area (Å²) < 4.78 is 4.96. The van der Waals surface area contributed by atoms with Gasteiger partial charge in [0.05, 0.1) is 12.2 Å². The molecule has 0 aliphatic carbocycles. The highest BCUT2D eigenvalue weighted by Gasteiger charge is 2.21. The SMILES string of the molecule is CCOC(=O)c1cccc(NC(=O)c2ccc(NC(=O)C(C)(C)C)cc2)c1. The fourth-order valence-corrected chi connectivity index (χ4v) is 2.17. The molecule has 2 amide bonds. The first kappa shape index (κ1) is 20.2. The van der Waals surface area contributed by atoms with Gasteiger partial charge in [0.1, 0.15) is 0 Å². The number of carbonyl (C=O) groups excluding carboxylic acids is 3. The van der Waals surface area contributed by atoms with Crippen LogP contribution in [0.3, 0.4) is 0 Å². The Morgan fingerprint density at radius 3 is 2.15 bits per heavy atom. The van der Waals surface area contributed by atoms with Gasteiger partial charge >= 0.3 is 5.97 Å². The molecule has 27 heavy (non-hydrogen) atoms. The number of hydrogen-bond donors (Lipinski definition) is 2. The van der Waals surface area contributed by atoms with Crippen molar-refractivity contribution in [2.45, 2.75) is 27.7 Å². The topological polar surface area (TPSA) is 84.5 Å². The third-order valence-corrected chi connectivity index (χ3v) is 3.72. The number of benzene rings is 2. The van der Waals surface area contributed by atoms with E-state index in [1.165, 1.54) is 0 Å². The van der Waals surface area contributed by atoms with Crippen molar-refractivity contribution in [2.75, 3.05) is 17.2 Å². The van der Waals surface area contributed by atoms with Crippen molar-refractivity contribution in [3.05, 3.63) is 59.7 Å². The van der Waals surface area contributed by atoms with Crippen molar-refractivity contribution in [3.63, 3.8) is 0 Å². The van der Waals surface area contributed by atoms with Gasteiger partial charge in [0.2, 0.25) is 5.91 Å². The third kappa shape index (κ3) is 5.67. The monoisotopic (exact) mass is 368 g/mol. The summed E-state index contributed by atoms with van der Waals surface area (Å²) in [7, 11) is 0. The predicted molar refractivity (Wildman–Crippen MR) is 105 cm³/mol. The number of hydrogen-bond acceptors (Lipinski definition) is 4. The number of ether oxygens (including phenoxy) is 1. The summed E-state index contributed by atoms with van der Waals surface area (Å²) >= 11 is 0. The van der Waals surface area contributed by atoms with Crippen LogP contribution >= 0.6 is 0 Å². The first-order valence-corrected chi connectivity index (χ1v) is 8.71. The van der Waals surface area contributed by atoms with Crippen LogP contribution in [0.25, 0.3) is 0 Å². The van der Waals surface area contributed by atoms with Crippen molar-refractivity contribution in [1.82, 2.24) is 0 Å². The van der Waals surface area contributed by atoms with E-state index in [1.807, 2.05) is 20.8 Å². The van der Waals surface area contributed by atoms with Gasteiger partial charge < -0.3 is 15.4 Å². The summed E-state index contributed by atoms with van der Waals surface area (Å²) in [5.74, 6) is -0.854. The third-order valence-electron chi connectivity index (χ3n) is 3.72. The van der Waals surface area contributed by atoms with Gasteiger partial charge in [-0.3, -0.25) is 9.59 Å². The highest BCUT2D eigenvalue weighted by Crippen LogP contribution is 2.18. The standard InChI is InChI=1S/C21H24N2O4/c1-5-27-19(25)15-7-6-8-17(13-15)22-18(24)14-9-11-16(12-10-14)23-20(26)21(2,3)4/h6-13H,5H2,1-4H3,(H,22,24)(H,23,26). The van der Waals surface area contributed by atoms with Crippen molar-refractivity contribution in [2.24, 2.45) is 5.41 Å². The van der Waals surface area contributed by atoms with E-state index in [4.69, 9.17) is 4.74 Å². The average Bonchev–Trinajstić information content (AvgIpc) is 2.62. The van der Waals surface area contributed by atoms with Gasteiger partial charge in [0, 0.05) is 22.4 Å². The highest BCUT2D eigenvalue weighted by molar-refractivity contribution is 6.05. The van der Waals surface area contributed by atoms with E-state index in [-0.39, 0.29) is 18.4 Å². The summed E-state index contributed by atoms with van der Waals surface area (Å²) in [4.78, 5) is 36.2. The maximum absolute atomic E-state index is 12.4. The number of nitrogens with one attached hydrogen (secondary N) is 2. The lowest BCUT2D eigenvalue weighted by molar-refractivity contribution is -0.123. The molecule has 2 N–H and O–H groups in total. The lowest BCUT2D eigenvalue weighted by atomic mass is 9.95. The molecule has 0 aromatic heterocycles. The summed E-state index contributed by atoms with van der Waals surface area (Å²) in [5.41, 5.74) is 1.42. The molecule has 142 valence electrons. The second-order valence-corrected chi connectivity index (χ2v) is 7.04. The number of anilines is 2. The van der Waals surface area contributed by atoms with Gasteiger partial charge in [-0.15, -0.1) is 0 Å². The summed E-state index contributed by atoms with van der Waals surface area (Å²) in [6.45, 7) is 7.50.